The van der Waals surface area contributed by atoms with E-state index in [0.29, 0.717) is 10.7 Å². The van der Waals surface area contributed by atoms with E-state index in [4.69, 9.17) is 5.11 Å². The van der Waals surface area contributed by atoms with E-state index >= 15 is 0 Å². The quantitative estimate of drug-likeness (QED) is 0.665. The van der Waals surface area contributed by atoms with E-state index < -0.39 is 38.7 Å². The van der Waals surface area contributed by atoms with Gasteiger partial charge in [0.15, 0.2) is 0 Å². The van der Waals surface area contributed by atoms with Crippen LogP contribution >= 0.6 is 0 Å². The molecule has 0 unspecified atom stereocenters. The van der Waals surface area contributed by atoms with Crippen molar-refractivity contribution in [2.75, 3.05) is 0 Å². The Morgan fingerprint density at radius 1 is 1.24 bits per heavy atom. The van der Waals surface area contributed by atoms with Crippen molar-refractivity contribution in [3.05, 3.63) is 56.1 Å². The van der Waals surface area contributed by atoms with Crippen LogP contribution < -0.4 is 0 Å². The minimum absolute atomic E-state index is 0.211. The molecule has 1 N–H and O–H groups in total. The number of benzene rings is 1. The van der Waals surface area contributed by atoms with Crippen LogP contribution in [0.25, 0.3) is 5.69 Å². The van der Waals surface area contributed by atoms with Crippen LogP contribution in [0.2, 0.25) is 0 Å². The van der Waals surface area contributed by atoms with E-state index in [0.717, 1.165) is 18.3 Å². The third kappa shape index (κ3) is 2.65. The summed E-state index contributed by atoms with van der Waals surface area (Å²) >= 11 is 0. The molecule has 1 heterocycles. The largest absolute Gasteiger partial charge is 0.476 e. The first-order chi connectivity index (χ1) is 9.79. The number of carboxylic acid groups (broad SMARTS) is 1. The van der Waals surface area contributed by atoms with Crippen molar-refractivity contribution in [1.82, 2.24) is 9.78 Å². The third-order valence-corrected chi connectivity index (χ3v) is 2.44. The highest BCUT2D eigenvalue weighted by Gasteiger charge is 2.26. The molecule has 2 aromatic rings. The number of non-ortho nitro benzene ring substituents is 1. The Balaban J connectivity index is 2.62. The number of carbonyl (C=O) groups is 1. The standard InChI is InChI=1S/C10H5FN4O6/c11-5-1-6(3-7(2-5)14(18)19)13-4-8(15(20)21)9(12-13)10(16)17/h1-4H,(H,16,17). The molecule has 21 heavy (non-hydrogen) atoms. The van der Waals surface area contributed by atoms with Gasteiger partial charge in [-0.3, -0.25) is 20.2 Å². The zero-order chi connectivity index (χ0) is 15.7. The molecule has 0 aliphatic carbocycles. The van der Waals surface area contributed by atoms with Gasteiger partial charge in [0.2, 0.25) is 5.69 Å². The Bertz CT molecular complexity index is 739. The van der Waals surface area contributed by atoms with Crippen molar-refractivity contribution in [2.24, 2.45) is 0 Å². The maximum absolute atomic E-state index is 13.3. The fraction of sp³-hybridized carbons (Fsp3) is 0. The number of nitro benzene ring substituents is 1. The lowest BCUT2D eigenvalue weighted by Crippen LogP contribution is -2.03. The predicted octanol–water partition coefficient (Wildman–Crippen LogP) is 1.53. The number of halogens is 1. The van der Waals surface area contributed by atoms with Crippen LogP contribution in [0.3, 0.4) is 0 Å². The Labute approximate surface area is 114 Å². The van der Waals surface area contributed by atoms with E-state index in [1.165, 1.54) is 0 Å². The number of hydrogen-bond donors (Lipinski definition) is 1. The number of rotatable bonds is 4. The van der Waals surface area contributed by atoms with Gasteiger partial charge in [-0.15, -0.1) is 0 Å². The van der Waals surface area contributed by atoms with Gasteiger partial charge in [0.25, 0.3) is 5.69 Å². The van der Waals surface area contributed by atoms with Crippen LogP contribution in [0.5, 0.6) is 0 Å². The molecule has 10 nitrogen and oxygen atoms in total. The Hall–Kier alpha value is -3.37. The summed E-state index contributed by atoms with van der Waals surface area (Å²) in [6, 6.07) is 2.39. The molecular weight excluding hydrogens is 291 g/mol. The maximum Gasteiger partial charge on any atom is 0.363 e. The third-order valence-electron chi connectivity index (χ3n) is 2.44. The molecule has 0 amide bonds. The van der Waals surface area contributed by atoms with Crippen molar-refractivity contribution in [3.8, 4) is 5.69 Å². The first kappa shape index (κ1) is 14.0. The summed E-state index contributed by atoms with van der Waals surface area (Å²) in [5, 5.41) is 33.6. The van der Waals surface area contributed by atoms with Crippen molar-refractivity contribution < 1.29 is 24.1 Å². The molecule has 0 fully saturated rings. The van der Waals surface area contributed by atoms with Gasteiger partial charge in [0.05, 0.1) is 21.6 Å². The van der Waals surface area contributed by atoms with Gasteiger partial charge in [0, 0.05) is 12.1 Å². The Morgan fingerprint density at radius 2 is 1.90 bits per heavy atom. The predicted molar refractivity (Wildman–Crippen MR) is 63.8 cm³/mol. The van der Waals surface area contributed by atoms with Gasteiger partial charge in [-0.1, -0.05) is 0 Å². The van der Waals surface area contributed by atoms with Crippen LogP contribution in [0.15, 0.2) is 24.4 Å². The van der Waals surface area contributed by atoms with Gasteiger partial charge in [-0.25, -0.2) is 13.9 Å². The maximum atomic E-state index is 13.3. The summed E-state index contributed by atoms with van der Waals surface area (Å²) in [6.45, 7) is 0. The monoisotopic (exact) mass is 296 g/mol. The minimum atomic E-state index is -1.65. The summed E-state index contributed by atoms with van der Waals surface area (Å²) in [4.78, 5) is 30.4. The SMILES string of the molecule is O=C(O)c1nn(-c2cc(F)cc([N+](=O)[O-])c2)cc1[N+](=O)[O-]. The first-order valence-electron chi connectivity index (χ1n) is 5.22. The highest BCUT2D eigenvalue weighted by Crippen LogP contribution is 2.23. The zero-order valence-corrected chi connectivity index (χ0v) is 9.96. The molecule has 0 bridgehead atoms. The van der Waals surface area contributed by atoms with E-state index in [2.05, 4.69) is 5.10 Å². The molecule has 2 rings (SSSR count). The summed E-state index contributed by atoms with van der Waals surface area (Å²) in [5.74, 6) is -2.61. The van der Waals surface area contributed by atoms with Gasteiger partial charge >= 0.3 is 11.7 Å². The zero-order valence-electron chi connectivity index (χ0n) is 9.96. The minimum Gasteiger partial charge on any atom is -0.476 e. The molecule has 0 atom stereocenters. The fourth-order valence-electron chi connectivity index (χ4n) is 1.58. The number of nitro groups is 2. The van der Waals surface area contributed by atoms with Crippen LogP contribution in [-0.4, -0.2) is 30.7 Å². The summed E-state index contributed by atoms with van der Waals surface area (Å²) in [6.07, 6.45) is 0.738. The average Bonchev–Trinajstić information content (AvgIpc) is 2.83. The molecular formula is C10H5FN4O6. The normalized spacial score (nSPS) is 10.3. The highest BCUT2D eigenvalue weighted by molar-refractivity contribution is 5.90. The van der Waals surface area contributed by atoms with Crippen LogP contribution in [-0.2, 0) is 0 Å². The Morgan fingerprint density at radius 3 is 2.38 bits per heavy atom. The van der Waals surface area contributed by atoms with Gasteiger partial charge in [-0.2, -0.15) is 5.10 Å². The second-order valence-electron chi connectivity index (χ2n) is 3.79. The average molecular weight is 296 g/mol. The van der Waals surface area contributed by atoms with Crippen molar-refractivity contribution in [1.29, 1.82) is 0 Å². The smallest absolute Gasteiger partial charge is 0.363 e. The van der Waals surface area contributed by atoms with Gasteiger partial charge in [0.1, 0.15) is 12.0 Å². The lowest BCUT2D eigenvalue weighted by molar-refractivity contribution is -0.385. The fourth-order valence-corrected chi connectivity index (χ4v) is 1.58. The van der Waals surface area contributed by atoms with E-state index in [1.54, 1.807) is 0 Å². The summed E-state index contributed by atoms with van der Waals surface area (Å²) < 4.78 is 14.0. The molecule has 0 radical (unpaired) electrons. The van der Waals surface area contributed by atoms with E-state index in [1.807, 2.05) is 0 Å². The molecule has 108 valence electrons. The second kappa shape index (κ2) is 4.96. The summed E-state index contributed by atoms with van der Waals surface area (Å²) in [5.41, 5.74) is -2.47. The second-order valence-corrected chi connectivity index (χ2v) is 3.79. The van der Waals surface area contributed by atoms with Gasteiger partial charge < -0.3 is 5.11 Å². The molecule has 0 aliphatic heterocycles. The molecule has 0 saturated heterocycles. The molecule has 0 aliphatic rings. The molecule has 0 spiro atoms. The van der Waals surface area contributed by atoms with Crippen LogP contribution in [0.4, 0.5) is 15.8 Å². The van der Waals surface area contributed by atoms with E-state index in [-0.39, 0.29) is 5.69 Å². The number of nitrogens with zero attached hydrogens (tertiary/aromatic N) is 4. The number of hydrogen-bond acceptors (Lipinski definition) is 6. The van der Waals surface area contributed by atoms with Crippen LogP contribution in [0.1, 0.15) is 10.5 Å². The highest BCUT2D eigenvalue weighted by atomic mass is 19.1. The number of aromatic nitrogens is 2. The number of carboxylic acids is 1. The lowest BCUT2D eigenvalue weighted by atomic mass is 10.2. The molecule has 0 saturated carbocycles. The first-order valence-corrected chi connectivity index (χ1v) is 5.22. The van der Waals surface area contributed by atoms with Gasteiger partial charge in [-0.05, 0) is 0 Å². The van der Waals surface area contributed by atoms with Crippen molar-refractivity contribution in [2.45, 2.75) is 0 Å². The van der Waals surface area contributed by atoms with E-state index in [9.17, 15) is 29.4 Å². The molecule has 11 heteroatoms. The molecule has 1 aromatic carbocycles. The lowest BCUT2D eigenvalue weighted by Gasteiger charge is -2.00. The van der Waals surface area contributed by atoms with Crippen molar-refractivity contribution in [3.63, 3.8) is 0 Å². The van der Waals surface area contributed by atoms with Crippen LogP contribution in [0, 0.1) is 26.0 Å². The summed E-state index contributed by atoms with van der Waals surface area (Å²) in [7, 11) is 0. The Kier molecular flexibility index (Phi) is 3.32. The molecule has 1 aromatic heterocycles. The number of aromatic carboxylic acids is 1. The van der Waals surface area contributed by atoms with Crippen molar-refractivity contribution >= 4 is 17.3 Å². The topological polar surface area (TPSA) is 141 Å².